The van der Waals surface area contributed by atoms with Gasteiger partial charge in [0.2, 0.25) is 0 Å². The van der Waals surface area contributed by atoms with Gasteiger partial charge in [0.1, 0.15) is 11.5 Å². The molecule has 1 aliphatic heterocycles. The Morgan fingerprint density at radius 3 is 1.80 bits per heavy atom. The lowest BCUT2D eigenvalue weighted by Gasteiger charge is -2.35. The molecule has 2 aliphatic rings. The third-order valence-electron chi connectivity index (χ3n) is 10.1. The first-order chi connectivity index (χ1) is 22.8. The Morgan fingerprint density at radius 1 is 0.391 bits per heavy atom. The first-order valence-electron chi connectivity index (χ1n) is 15.9. The lowest BCUT2D eigenvalue weighted by atomic mass is 9.66. The molecular formula is C45H28O. The fourth-order valence-corrected chi connectivity index (χ4v) is 8.19. The number of ether oxygens (including phenoxy) is 1. The highest BCUT2D eigenvalue weighted by molar-refractivity contribution is 6.05. The molecular weight excluding hydrogens is 556 g/mol. The molecule has 0 atom stereocenters. The van der Waals surface area contributed by atoms with Gasteiger partial charge in [0.05, 0.1) is 5.41 Å². The molecule has 0 bridgehead atoms. The van der Waals surface area contributed by atoms with Gasteiger partial charge in [-0.3, -0.25) is 0 Å². The SMILES string of the molecule is c1ccc(C2(c3ccccc3)c3cc(-c4ccc5c(c4)Oc4cccc6cccc-5c46)ccc3-c3ccc4ccccc4c32)cc1. The summed E-state index contributed by atoms with van der Waals surface area (Å²) in [5.41, 5.74) is 12.0. The molecule has 0 unspecified atom stereocenters. The second kappa shape index (κ2) is 9.54. The molecule has 46 heavy (non-hydrogen) atoms. The lowest BCUT2D eigenvalue weighted by molar-refractivity contribution is 0.487. The van der Waals surface area contributed by atoms with Gasteiger partial charge in [0, 0.05) is 10.9 Å². The predicted octanol–water partition coefficient (Wildman–Crippen LogP) is 11.8. The maximum Gasteiger partial charge on any atom is 0.135 e. The quantitative estimate of drug-likeness (QED) is 0.201. The van der Waals surface area contributed by atoms with E-state index in [1.165, 1.54) is 66.1 Å². The molecule has 8 aromatic carbocycles. The van der Waals surface area contributed by atoms with E-state index >= 15 is 0 Å². The Labute approximate surface area is 268 Å². The van der Waals surface area contributed by atoms with E-state index in [1.807, 2.05) is 0 Å². The minimum atomic E-state index is -0.483. The van der Waals surface area contributed by atoms with Crippen LogP contribution in [0.2, 0.25) is 0 Å². The fourth-order valence-electron chi connectivity index (χ4n) is 8.19. The molecule has 0 radical (unpaired) electrons. The topological polar surface area (TPSA) is 9.23 Å². The molecule has 1 nitrogen and oxygen atoms in total. The molecule has 8 aromatic rings. The molecule has 10 rings (SSSR count). The Bertz CT molecular complexity index is 2450. The van der Waals surface area contributed by atoms with Crippen LogP contribution in [0.25, 0.3) is 54.9 Å². The third kappa shape index (κ3) is 3.40. The van der Waals surface area contributed by atoms with Gasteiger partial charge in [-0.15, -0.1) is 0 Å². The second-order valence-corrected chi connectivity index (χ2v) is 12.4. The van der Waals surface area contributed by atoms with Crippen molar-refractivity contribution in [2.45, 2.75) is 5.41 Å². The Balaban J connectivity index is 1.24. The molecule has 0 saturated heterocycles. The average molecular weight is 585 g/mol. The zero-order chi connectivity index (χ0) is 30.2. The van der Waals surface area contributed by atoms with Crippen LogP contribution >= 0.6 is 0 Å². The van der Waals surface area contributed by atoms with E-state index in [4.69, 9.17) is 4.74 Å². The highest BCUT2D eigenvalue weighted by Crippen LogP contribution is 2.59. The minimum Gasteiger partial charge on any atom is -0.456 e. The molecule has 1 heteroatoms. The Hall–Kier alpha value is -5.92. The van der Waals surface area contributed by atoms with Gasteiger partial charge in [0.15, 0.2) is 0 Å². The highest BCUT2D eigenvalue weighted by Gasteiger charge is 2.47. The van der Waals surface area contributed by atoms with Crippen LogP contribution in [-0.4, -0.2) is 0 Å². The lowest BCUT2D eigenvalue weighted by Crippen LogP contribution is -2.28. The molecule has 0 fully saturated rings. The second-order valence-electron chi connectivity index (χ2n) is 12.4. The maximum atomic E-state index is 6.58. The van der Waals surface area contributed by atoms with Crippen molar-refractivity contribution < 1.29 is 4.74 Å². The predicted molar refractivity (Wildman–Crippen MR) is 190 cm³/mol. The summed E-state index contributed by atoms with van der Waals surface area (Å²) < 4.78 is 6.58. The van der Waals surface area contributed by atoms with Crippen LogP contribution in [0.1, 0.15) is 22.3 Å². The first-order valence-corrected chi connectivity index (χ1v) is 15.9. The summed E-state index contributed by atoms with van der Waals surface area (Å²) >= 11 is 0. The van der Waals surface area contributed by atoms with Crippen LogP contribution in [-0.2, 0) is 5.41 Å². The summed E-state index contributed by atoms with van der Waals surface area (Å²) in [4.78, 5) is 0. The molecule has 214 valence electrons. The molecule has 1 aliphatic carbocycles. The summed E-state index contributed by atoms with van der Waals surface area (Å²) in [6, 6.07) is 62.1. The number of hydrogen-bond acceptors (Lipinski definition) is 1. The van der Waals surface area contributed by atoms with Crippen molar-refractivity contribution in [2.24, 2.45) is 0 Å². The van der Waals surface area contributed by atoms with Crippen molar-refractivity contribution in [1.82, 2.24) is 0 Å². The van der Waals surface area contributed by atoms with Gasteiger partial charge >= 0.3 is 0 Å². The van der Waals surface area contributed by atoms with Crippen molar-refractivity contribution in [3.8, 4) is 44.9 Å². The van der Waals surface area contributed by atoms with Crippen molar-refractivity contribution in [1.29, 1.82) is 0 Å². The standard InChI is InChI=1S/C45H28O/c1-3-14-33(15-4-1)45(34-16-5-2-6-17-34)40-27-31(22-24-36(40)39-26-21-29-11-7-8-18-35(29)44(39)45)32-23-25-37-38-19-9-12-30-13-10-20-41(43(30)38)46-42(37)28-32/h1-28H. The van der Waals surface area contributed by atoms with Gasteiger partial charge in [-0.25, -0.2) is 0 Å². The van der Waals surface area contributed by atoms with Crippen LogP contribution < -0.4 is 4.74 Å². The Morgan fingerprint density at radius 2 is 1.02 bits per heavy atom. The summed E-state index contributed by atoms with van der Waals surface area (Å²) in [5, 5.41) is 4.94. The van der Waals surface area contributed by atoms with Crippen LogP contribution in [0, 0.1) is 0 Å². The van der Waals surface area contributed by atoms with E-state index in [-0.39, 0.29) is 0 Å². The van der Waals surface area contributed by atoms with Crippen LogP contribution in [0.4, 0.5) is 0 Å². The van der Waals surface area contributed by atoms with Crippen molar-refractivity contribution in [2.75, 3.05) is 0 Å². The maximum absolute atomic E-state index is 6.58. The fraction of sp³-hybridized carbons (Fsp3) is 0.0222. The Kier molecular flexibility index (Phi) is 5.27. The van der Waals surface area contributed by atoms with Crippen molar-refractivity contribution in [3.63, 3.8) is 0 Å². The zero-order valence-electron chi connectivity index (χ0n) is 25.1. The first kappa shape index (κ1) is 25.4. The molecule has 0 spiro atoms. The van der Waals surface area contributed by atoms with Gasteiger partial charge in [-0.05, 0) is 90.5 Å². The summed E-state index contributed by atoms with van der Waals surface area (Å²) in [6.45, 7) is 0. The highest BCUT2D eigenvalue weighted by atomic mass is 16.5. The van der Waals surface area contributed by atoms with Crippen LogP contribution in [0.3, 0.4) is 0 Å². The minimum absolute atomic E-state index is 0.483. The zero-order valence-corrected chi connectivity index (χ0v) is 25.1. The summed E-state index contributed by atoms with van der Waals surface area (Å²) in [5.74, 6) is 1.82. The molecule has 0 amide bonds. The normalized spacial score (nSPS) is 13.6. The molecule has 0 aromatic heterocycles. The third-order valence-corrected chi connectivity index (χ3v) is 10.1. The van der Waals surface area contributed by atoms with Crippen LogP contribution in [0.15, 0.2) is 170 Å². The van der Waals surface area contributed by atoms with Crippen molar-refractivity contribution >= 4 is 21.5 Å². The number of hydrogen-bond donors (Lipinski definition) is 0. The van der Waals surface area contributed by atoms with Gasteiger partial charge in [0.25, 0.3) is 0 Å². The number of fused-ring (bicyclic) bond motifs is 7. The van der Waals surface area contributed by atoms with Gasteiger partial charge in [-0.1, -0.05) is 146 Å². The summed E-state index contributed by atoms with van der Waals surface area (Å²) in [7, 11) is 0. The molecule has 1 heterocycles. The van der Waals surface area contributed by atoms with E-state index in [0.717, 1.165) is 22.6 Å². The van der Waals surface area contributed by atoms with E-state index in [2.05, 4.69) is 170 Å². The van der Waals surface area contributed by atoms with E-state index in [1.54, 1.807) is 0 Å². The smallest absolute Gasteiger partial charge is 0.135 e. The van der Waals surface area contributed by atoms with Gasteiger partial charge < -0.3 is 4.74 Å². The average Bonchev–Trinajstić information content (AvgIpc) is 3.43. The van der Waals surface area contributed by atoms with Crippen molar-refractivity contribution in [3.05, 3.63) is 192 Å². The monoisotopic (exact) mass is 584 g/mol. The summed E-state index contributed by atoms with van der Waals surface area (Å²) in [6.07, 6.45) is 0. The number of rotatable bonds is 3. The van der Waals surface area contributed by atoms with E-state index in [0.29, 0.717) is 0 Å². The largest absolute Gasteiger partial charge is 0.456 e. The van der Waals surface area contributed by atoms with E-state index in [9.17, 15) is 0 Å². The van der Waals surface area contributed by atoms with Crippen LogP contribution in [0.5, 0.6) is 11.5 Å². The number of benzene rings is 8. The van der Waals surface area contributed by atoms with E-state index < -0.39 is 5.41 Å². The molecule has 0 N–H and O–H groups in total. The van der Waals surface area contributed by atoms with Gasteiger partial charge in [-0.2, -0.15) is 0 Å². The molecule has 0 saturated carbocycles.